The van der Waals surface area contributed by atoms with Gasteiger partial charge in [-0.15, -0.1) is 10.2 Å². The highest BCUT2D eigenvalue weighted by molar-refractivity contribution is 7.99. The number of carbonyl (C=O) groups is 1. The van der Waals surface area contributed by atoms with Crippen LogP contribution in [0.5, 0.6) is 5.75 Å². The number of nitrogens with zero attached hydrogens (tertiary/aromatic N) is 4. The summed E-state index contributed by atoms with van der Waals surface area (Å²) in [5.41, 5.74) is 0.921. The van der Waals surface area contributed by atoms with Gasteiger partial charge in [0, 0.05) is 38.3 Å². The van der Waals surface area contributed by atoms with E-state index in [1.807, 2.05) is 12.1 Å². The molecule has 1 fully saturated rings. The van der Waals surface area contributed by atoms with Gasteiger partial charge in [0.05, 0.1) is 18.4 Å². The van der Waals surface area contributed by atoms with Crippen LogP contribution in [-0.4, -0.2) is 64.9 Å². The van der Waals surface area contributed by atoms with Gasteiger partial charge in [-0.1, -0.05) is 23.9 Å². The predicted molar refractivity (Wildman–Crippen MR) is 120 cm³/mol. The van der Waals surface area contributed by atoms with Crippen molar-refractivity contribution in [2.45, 2.75) is 17.9 Å². The van der Waals surface area contributed by atoms with Crippen LogP contribution in [0.4, 0.5) is 13.2 Å². The monoisotopic (exact) mass is 492 g/mol. The Kier molecular flexibility index (Phi) is 7.42. The third-order valence-corrected chi connectivity index (χ3v) is 6.28. The van der Waals surface area contributed by atoms with Crippen molar-refractivity contribution in [2.24, 2.45) is 0 Å². The molecule has 0 aliphatic carbocycles. The van der Waals surface area contributed by atoms with Gasteiger partial charge in [-0.3, -0.25) is 9.69 Å². The largest absolute Gasteiger partial charge is 0.497 e. The van der Waals surface area contributed by atoms with Crippen molar-refractivity contribution in [3.05, 3.63) is 59.7 Å². The standard InChI is InChI=1S/C23H23F3N4O3S/c1-32-19-8-4-17(5-9-19)21-27-28-22(33-21)34-15-20(31)30-12-10-29(11-13-30)14-16-2-6-18(7-3-16)23(24,25)26/h2-9H,10-15H2,1H3. The van der Waals surface area contributed by atoms with E-state index >= 15 is 0 Å². The Labute approximate surface area is 198 Å². The van der Waals surface area contributed by atoms with Crippen LogP contribution in [0.25, 0.3) is 11.5 Å². The maximum atomic E-state index is 12.7. The van der Waals surface area contributed by atoms with E-state index in [0.717, 1.165) is 29.0 Å². The topological polar surface area (TPSA) is 71.7 Å². The van der Waals surface area contributed by atoms with Gasteiger partial charge in [-0.2, -0.15) is 13.2 Å². The van der Waals surface area contributed by atoms with E-state index in [9.17, 15) is 18.0 Å². The number of halogens is 3. The third-order valence-electron chi connectivity index (χ3n) is 5.47. The van der Waals surface area contributed by atoms with E-state index in [1.165, 1.54) is 23.9 Å². The predicted octanol–water partition coefficient (Wildman–Crippen LogP) is 4.20. The fraction of sp³-hybridized carbons (Fsp3) is 0.348. The molecular weight excluding hydrogens is 469 g/mol. The Hall–Kier alpha value is -3.05. The molecular formula is C23H23F3N4O3S. The van der Waals surface area contributed by atoms with Crippen LogP contribution >= 0.6 is 11.8 Å². The third kappa shape index (κ3) is 6.09. The molecule has 1 aromatic heterocycles. The summed E-state index contributed by atoms with van der Waals surface area (Å²) in [6, 6.07) is 12.4. The van der Waals surface area contributed by atoms with Gasteiger partial charge >= 0.3 is 6.18 Å². The van der Waals surface area contributed by atoms with Crippen LogP contribution in [0.3, 0.4) is 0 Å². The molecule has 2 heterocycles. The number of aromatic nitrogens is 2. The molecule has 4 rings (SSSR count). The van der Waals surface area contributed by atoms with E-state index in [4.69, 9.17) is 9.15 Å². The van der Waals surface area contributed by atoms with Gasteiger partial charge in [0.1, 0.15) is 5.75 Å². The van der Waals surface area contributed by atoms with Crippen LogP contribution in [0.15, 0.2) is 58.2 Å². The molecule has 0 saturated carbocycles. The smallest absolute Gasteiger partial charge is 0.416 e. The van der Waals surface area contributed by atoms with Crippen LogP contribution in [0.1, 0.15) is 11.1 Å². The molecule has 0 spiro atoms. The number of hydrogen-bond acceptors (Lipinski definition) is 7. The van der Waals surface area contributed by atoms with Gasteiger partial charge in [-0.25, -0.2) is 0 Å². The van der Waals surface area contributed by atoms with E-state index in [1.54, 1.807) is 24.1 Å². The lowest BCUT2D eigenvalue weighted by Crippen LogP contribution is -2.48. The van der Waals surface area contributed by atoms with Crippen LogP contribution < -0.4 is 4.74 Å². The number of carbonyl (C=O) groups excluding carboxylic acids is 1. The highest BCUT2D eigenvalue weighted by Crippen LogP contribution is 2.29. The lowest BCUT2D eigenvalue weighted by molar-refractivity contribution is -0.137. The number of ether oxygens (including phenoxy) is 1. The average Bonchev–Trinajstić information content (AvgIpc) is 3.32. The van der Waals surface area contributed by atoms with Crippen molar-refractivity contribution in [3.63, 3.8) is 0 Å². The molecule has 0 unspecified atom stereocenters. The Morgan fingerprint density at radius 1 is 1.03 bits per heavy atom. The lowest BCUT2D eigenvalue weighted by atomic mass is 10.1. The molecule has 7 nitrogen and oxygen atoms in total. The summed E-state index contributed by atoms with van der Waals surface area (Å²) in [7, 11) is 1.59. The van der Waals surface area contributed by atoms with Crippen molar-refractivity contribution in [2.75, 3.05) is 39.0 Å². The zero-order valence-electron chi connectivity index (χ0n) is 18.4. The van der Waals surface area contributed by atoms with Gasteiger partial charge in [-0.05, 0) is 42.0 Å². The maximum Gasteiger partial charge on any atom is 0.416 e. The fourth-order valence-electron chi connectivity index (χ4n) is 3.55. The lowest BCUT2D eigenvalue weighted by Gasteiger charge is -2.34. The summed E-state index contributed by atoms with van der Waals surface area (Å²) in [4.78, 5) is 16.5. The summed E-state index contributed by atoms with van der Waals surface area (Å²) in [6.45, 7) is 2.96. The number of thioether (sulfide) groups is 1. The van der Waals surface area contributed by atoms with Crippen LogP contribution in [0, 0.1) is 0 Å². The summed E-state index contributed by atoms with van der Waals surface area (Å²) < 4.78 is 48.9. The fourth-order valence-corrected chi connectivity index (χ4v) is 4.21. The molecule has 2 aromatic carbocycles. The van der Waals surface area contributed by atoms with Gasteiger partial charge in [0.2, 0.25) is 11.8 Å². The van der Waals surface area contributed by atoms with E-state index in [2.05, 4.69) is 15.1 Å². The molecule has 1 aliphatic rings. The van der Waals surface area contributed by atoms with E-state index in [-0.39, 0.29) is 11.7 Å². The van der Waals surface area contributed by atoms with Gasteiger partial charge in [0.25, 0.3) is 5.22 Å². The highest BCUT2D eigenvalue weighted by Gasteiger charge is 2.30. The molecule has 1 aliphatic heterocycles. The minimum atomic E-state index is -4.33. The van der Waals surface area contributed by atoms with E-state index < -0.39 is 11.7 Å². The second-order valence-electron chi connectivity index (χ2n) is 7.74. The second kappa shape index (κ2) is 10.5. The Bertz CT molecular complexity index is 1100. The molecule has 0 N–H and O–H groups in total. The summed E-state index contributed by atoms with van der Waals surface area (Å²) in [5.74, 6) is 1.25. The van der Waals surface area contributed by atoms with Crippen molar-refractivity contribution in [1.29, 1.82) is 0 Å². The van der Waals surface area contributed by atoms with Gasteiger partial charge < -0.3 is 14.1 Å². The molecule has 34 heavy (non-hydrogen) atoms. The molecule has 11 heteroatoms. The van der Waals surface area contributed by atoms with E-state index in [0.29, 0.717) is 43.8 Å². The normalized spacial score (nSPS) is 14.9. The molecule has 1 saturated heterocycles. The number of methoxy groups -OCH3 is 1. The Balaban J connectivity index is 1.22. The Morgan fingerprint density at radius 2 is 1.71 bits per heavy atom. The zero-order valence-corrected chi connectivity index (χ0v) is 19.2. The molecule has 0 bridgehead atoms. The molecule has 0 atom stereocenters. The summed E-state index contributed by atoms with van der Waals surface area (Å²) in [6.07, 6.45) is -4.33. The van der Waals surface area contributed by atoms with Crippen molar-refractivity contribution < 1.29 is 27.1 Å². The first-order valence-electron chi connectivity index (χ1n) is 10.6. The minimum absolute atomic E-state index is 0.0247. The van der Waals surface area contributed by atoms with Crippen molar-refractivity contribution in [1.82, 2.24) is 20.0 Å². The quantitative estimate of drug-likeness (QED) is 0.458. The number of amides is 1. The number of alkyl halides is 3. The number of benzene rings is 2. The molecule has 1 amide bonds. The highest BCUT2D eigenvalue weighted by atomic mass is 32.2. The van der Waals surface area contributed by atoms with Crippen molar-refractivity contribution in [3.8, 4) is 17.2 Å². The number of piperazine rings is 1. The molecule has 0 radical (unpaired) electrons. The SMILES string of the molecule is COc1ccc(-c2nnc(SCC(=O)N3CCN(Cc4ccc(C(F)(F)F)cc4)CC3)o2)cc1. The molecule has 3 aromatic rings. The van der Waals surface area contributed by atoms with Crippen LogP contribution in [0.2, 0.25) is 0 Å². The van der Waals surface area contributed by atoms with Crippen molar-refractivity contribution >= 4 is 17.7 Å². The van der Waals surface area contributed by atoms with Gasteiger partial charge in [0.15, 0.2) is 0 Å². The Morgan fingerprint density at radius 3 is 2.32 bits per heavy atom. The van der Waals surface area contributed by atoms with Crippen LogP contribution in [-0.2, 0) is 17.5 Å². The number of hydrogen-bond donors (Lipinski definition) is 0. The summed E-state index contributed by atoms with van der Waals surface area (Å²) in [5, 5.41) is 8.35. The first-order chi connectivity index (χ1) is 16.3. The first kappa shape index (κ1) is 24.1. The zero-order chi connectivity index (χ0) is 24.1. The minimum Gasteiger partial charge on any atom is -0.497 e. The maximum absolute atomic E-state index is 12.7. The average molecular weight is 493 g/mol. The molecule has 180 valence electrons. The second-order valence-corrected chi connectivity index (χ2v) is 8.67. The first-order valence-corrected chi connectivity index (χ1v) is 11.6. The number of rotatable bonds is 7. The summed E-state index contributed by atoms with van der Waals surface area (Å²) >= 11 is 1.19.